The van der Waals surface area contributed by atoms with E-state index in [0.29, 0.717) is 18.1 Å². The molecule has 0 radical (unpaired) electrons. The highest BCUT2D eigenvalue weighted by Gasteiger charge is 2.10. The molecular formula is C20H25N3O2S. The monoisotopic (exact) mass is 371 g/mol. The first-order valence-electron chi connectivity index (χ1n) is 9.04. The van der Waals surface area contributed by atoms with Crippen LogP contribution >= 0.6 is 11.8 Å². The van der Waals surface area contributed by atoms with Crippen molar-refractivity contribution in [1.29, 1.82) is 0 Å². The van der Waals surface area contributed by atoms with Gasteiger partial charge in [0.15, 0.2) is 0 Å². The Balaban J connectivity index is 1.53. The van der Waals surface area contributed by atoms with Gasteiger partial charge in [-0.15, -0.1) is 0 Å². The molecular weight excluding hydrogens is 346 g/mol. The van der Waals surface area contributed by atoms with E-state index in [1.54, 1.807) is 18.3 Å². The summed E-state index contributed by atoms with van der Waals surface area (Å²) in [4.78, 5) is 19.0. The lowest BCUT2D eigenvalue weighted by atomic mass is 10.1. The van der Waals surface area contributed by atoms with Crippen molar-refractivity contribution in [1.82, 2.24) is 9.88 Å². The van der Waals surface area contributed by atoms with E-state index in [0.717, 1.165) is 18.7 Å². The normalized spacial score (nSPS) is 14.8. The molecule has 1 aromatic carbocycles. The lowest BCUT2D eigenvalue weighted by Gasteiger charge is -2.26. The number of hydrogen-bond acceptors (Lipinski definition) is 5. The SMILES string of the molecule is CCOc1cc(C(=O)Nc2ccc(CCN3CCSCC3)cc2)ccn1. The second kappa shape index (κ2) is 9.59. The van der Waals surface area contributed by atoms with Crippen molar-refractivity contribution in [2.45, 2.75) is 13.3 Å². The van der Waals surface area contributed by atoms with Gasteiger partial charge >= 0.3 is 0 Å². The summed E-state index contributed by atoms with van der Waals surface area (Å²) in [5, 5.41) is 2.92. The molecule has 2 heterocycles. The summed E-state index contributed by atoms with van der Waals surface area (Å²) >= 11 is 2.04. The van der Waals surface area contributed by atoms with Crippen LogP contribution in [-0.2, 0) is 6.42 Å². The number of anilines is 1. The minimum absolute atomic E-state index is 0.160. The van der Waals surface area contributed by atoms with Crippen LogP contribution in [0.5, 0.6) is 5.88 Å². The number of carbonyl (C=O) groups is 1. The summed E-state index contributed by atoms with van der Waals surface area (Å²) in [6.45, 7) is 5.89. The summed E-state index contributed by atoms with van der Waals surface area (Å²) in [5.41, 5.74) is 2.63. The van der Waals surface area contributed by atoms with Crippen molar-refractivity contribution in [3.63, 3.8) is 0 Å². The summed E-state index contributed by atoms with van der Waals surface area (Å²) < 4.78 is 5.34. The van der Waals surface area contributed by atoms with Crippen LogP contribution in [0.25, 0.3) is 0 Å². The number of rotatable bonds is 7. The number of nitrogens with zero attached hydrogens (tertiary/aromatic N) is 2. The second-order valence-electron chi connectivity index (χ2n) is 6.17. The number of aromatic nitrogens is 1. The predicted molar refractivity (Wildman–Crippen MR) is 107 cm³/mol. The number of pyridine rings is 1. The van der Waals surface area contributed by atoms with Gasteiger partial charge in [0.2, 0.25) is 5.88 Å². The Morgan fingerprint density at radius 2 is 2.00 bits per heavy atom. The molecule has 1 aliphatic heterocycles. The molecule has 1 N–H and O–H groups in total. The molecule has 5 nitrogen and oxygen atoms in total. The fraction of sp³-hybridized carbons (Fsp3) is 0.400. The van der Waals surface area contributed by atoms with E-state index in [2.05, 4.69) is 27.3 Å². The Labute approximate surface area is 159 Å². The Morgan fingerprint density at radius 1 is 1.23 bits per heavy atom. The lowest BCUT2D eigenvalue weighted by Crippen LogP contribution is -2.34. The molecule has 1 aromatic heterocycles. The zero-order chi connectivity index (χ0) is 18.2. The molecule has 0 saturated carbocycles. The van der Waals surface area contributed by atoms with Crippen molar-refractivity contribution >= 4 is 23.4 Å². The van der Waals surface area contributed by atoms with Gasteiger partial charge in [-0.3, -0.25) is 4.79 Å². The van der Waals surface area contributed by atoms with Crippen LogP contribution < -0.4 is 10.1 Å². The maximum atomic E-state index is 12.4. The summed E-state index contributed by atoms with van der Waals surface area (Å²) in [6.07, 6.45) is 2.63. The van der Waals surface area contributed by atoms with Gasteiger partial charge in [0.05, 0.1) is 6.61 Å². The van der Waals surface area contributed by atoms with E-state index >= 15 is 0 Å². The standard InChI is InChI=1S/C20H25N3O2S/c1-2-25-19-15-17(7-9-21-19)20(24)22-18-5-3-16(4-6-18)8-10-23-11-13-26-14-12-23/h3-7,9,15H,2,8,10-14H2,1H3,(H,22,24). The van der Waals surface area contributed by atoms with E-state index in [1.807, 2.05) is 30.8 Å². The van der Waals surface area contributed by atoms with Gasteiger partial charge in [0.25, 0.3) is 5.91 Å². The molecule has 3 rings (SSSR count). The van der Waals surface area contributed by atoms with E-state index in [1.165, 1.54) is 30.2 Å². The molecule has 6 heteroatoms. The summed E-state index contributed by atoms with van der Waals surface area (Å²) in [5.74, 6) is 2.79. The Morgan fingerprint density at radius 3 is 2.73 bits per heavy atom. The molecule has 138 valence electrons. The summed E-state index contributed by atoms with van der Waals surface area (Å²) in [7, 11) is 0. The Kier molecular flexibility index (Phi) is 6.91. The van der Waals surface area contributed by atoms with Gasteiger partial charge < -0.3 is 15.0 Å². The topological polar surface area (TPSA) is 54.5 Å². The number of thioether (sulfide) groups is 1. The molecule has 2 aromatic rings. The molecule has 0 bridgehead atoms. The summed E-state index contributed by atoms with van der Waals surface area (Å²) in [6, 6.07) is 11.4. The van der Waals surface area contributed by atoms with Gasteiger partial charge in [-0.25, -0.2) is 4.98 Å². The first kappa shape index (κ1) is 18.7. The van der Waals surface area contributed by atoms with Crippen molar-refractivity contribution < 1.29 is 9.53 Å². The highest BCUT2D eigenvalue weighted by atomic mass is 32.2. The molecule has 1 fully saturated rings. The van der Waals surface area contributed by atoms with Crippen LogP contribution in [0.4, 0.5) is 5.69 Å². The van der Waals surface area contributed by atoms with Crippen molar-refractivity contribution in [3.8, 4) is 5.88 Å². The van der Waals surface area contributed by atoms with E-state index in [4.69, 9.17) is 4.74 Å². The first-order valence-corrected chi connectivity index (χ1v) is 10.2. The van der Waals surface area contributed by atoms with Crippen molar-refractivity contribution in [2.75, 3.05) is 43.1 Å². The fourth-order valence-electron chi connectivity index (χ4n) is 2.85. The van der Waals surface area contributed by atoms with Crippen LogP contribution in [0.15, 0.2) is 42.6 Å². The minimum Gasteiger partial charge on any atom is -0.478 e. The molecule has 26 heavy (non-hydrogen) atoms. The molecule has 0 atom stereocenters. The minimum atomic E-state index is -0.160. The van der Waals surface area contributed by atoms with Crippen LogP contribution in [0.1, 0.15) is 22.8 Å². The number of nitrogens with one attached hydrogen (secondary N) is 1. The van der Waals surface area contributed by atoms with Gasteiger partial charge in [-0.2, -0.15) is 11.8 Å². The quantitative estimate of drug-likeness (QED) is 0.809. The number of amides is 1. The highest BCUT2D eigenvalue weighted by Crippen LogP contribution is 2.15. The van der Waals surface area contributed by atoms with E-state index in [-0.39, 0.29) is 5.91 Å². The first-order chi connectivity index (χ1) is 12.7. The van der Waals surface area contributed by atoms with Crippen LogP contribution in [0.3, 0.4) is 0 Å². The maximum absolute atomic E-state index is 12.4. The largest absolute Gasteiger partial charge is 0.478 e. The van der Waals surface area contributed by atoms with Gasteiger partial charge in [-0.05, 0) is 37.1 Å². The van der Waals surface area contributed by atoms with E-state index in [9.17, 15) is 4.79 Å². The van der Waals surface area contributed by atoms with Crippen LogP contribution in [0, 0.1) is 0 Å². The van der Waals surface area contributed by atoms with Gasteiger partial charge in [0, 0.05) is 54.7 Å². The van der Waals surface area contributed by atoms with Gasteiger partial charge in [-0.1, -0.05) is 12.1 Å². The third-order valence-electron chi connectivity index (χ3n) is 4.32. The fourth-order valence-corrected chi connectivity index (χ4v) is 3.83. The Bertz CT molecular complexity index is 715. The third-order valence-corrected chi connectivity index (χ3v) is 5.26. The maximum Gasteiger partial charge on any atom is 0.255 e. The Hall–Kier alpha value is -2.05. The lowest BCUT2D eigenvalue weighted by molar-refractivity contribution is 0.102. The molecule has 1 saturated heterocycles. The second-order valence-corrected chi connectivity index (χ2v) is 7.40. The number of hydrogen-bond donors (Lipinski definition) is 1. The average molecular weight is 372 g/mol. The van der Waals surface area contributed by atoms with Crippen molar-refractivity contribution in [3.05, 3.63) is 53.7 Å². The molecule has 0 unspecified atom stereocenters. The van der Waals surface area contributed by atoms with Crippen LogP contribution in [0.2, 0.25) is 0 Å². The highest BCUT2D eigenvalue weighted by molar-refractivity contribution is 7.99. The number of carbonyl (C=O) groups excluding carboxylic acids is 1. The van der Waals surface area contributed by atoms with Crippen LogP contribution in [-0.4, -0.2) is 53.5 Å². The average Bonchev–Trinajstić information content (AvgIpc) is 2.69. The van der Waals surface area contributed by atoms with Crippen molar-refractivity contribution in [2.24, 2.45) is 0 Å². The van der Waals surface area contributed by atoms with E-state index < -0.39 is 0 Å². The zero-order valence-electron chi connectivity index (χ0n) is 15.1. The smallest absolute Gasteiger partial charge is 0.255 e. The molecule has 0 spiro atoms. The molecule has 0 aliphatic carbocycles. The molecule has 1 aliphatic rings. The predicted octanol–water partition coefficient (Wildman–Crippen LogP) is 3.32. The number of ether oxygens (including phenoxy) is 1. The number of benzene rings is 1. The van der Waals surface area contributed by atoms with Gasteiger partial charge in [0.1, 0.15) is 0 Å². The third kappa shape index (κ3) is 5.47. The zero-order valence-corrected chi connectivity index (χ0v) is 15.9. The molecule has 1 amide bonds.